The largest absolute Gasteiger partial charge is 0.379 e. The summed E-state index contributed by atoms with van der Waals surface area (Å²) in [6.45, 7) is 20.2. The van der Waals surface area contributed by atoms with E-state index in [1.165, 1.54) is 72.6 Å². The SMILES string of the molecule is CCCCCCCCOCC(NC(=O)C1CC(NC(=O)c2ccc(C(=O)NC3CC(C(=O)NC(COCCCCCCCC)c4ccccc4)N(C(=O)C(NC(=O)C(C)NC)C(C)(C)C)C3)cc2)CN1C(=O)C(NC(=O)C(C)NC)C(C)(C)C)c1ccccc1. The van der Waals surface area contributed by atoms with Gasteiger partial charge in [0.05, 0.1) is 37.4 Å². The highest BCUT2D eigenvalue weighted by molar-refractivity contribution is 5.99. The Labute approximate surface area is 536 Å². The van der Waals surface area contributed by atoms with Crippen LogP contribution in [0.25, 0.3) is 0 Å². The molecule has 3 aromatic carbocycles. The third-order valence-corrected chi connectivity index (χ3v) is 17.2. The van der Waals surface area contributed by atoms with Crippen molar-refractivity contribution in [1.82, 2.24) is 52.3 Å². The lowest BCUT2D eigenvalue weighted by atomic mass is 9.85. The molecule has 90 heavy (non-hydrogen) atoms. The number of benzene rings is 3. The Hall–Kier alpha value is -6.74. The number of carbonyl (C=O) groups is 8. The van der Waals surface area contributed by atoms with Gasteiger partial charge in [0.1, 0.15) is 24.2 Å². The van der Waals surface area contributed by atoms with Crippen LogP contribution in [0.3, 0.4) is 0 Å². The molecular formula is C70H108N10O10. The van der Waals surface area contributed by atoms with E-state index in [0.29, 0.717) is 13.2 Å². The van der Waals surface area contributed by atoms with Gasteiger partial charge in [0.25, 0.3) is 11.8 Å². The van der Waals surface area contributed by atoms with Crippen LogP contribution in [0.1, 0.15) is 203 Å². The van der Waals surface area contributed by atoms with Crippen LogP contribution in [0.2, 0.25) is 0 Å². The fourth-order valence-corrected chi connectivity index (χ4v) is 11.3. The van der Waals surface area contributed by atoms with Crippen LogP contribution in [0.4, 0.5) is 0 Å². The highest BCUT2D eigenvalue weighted by Gasteiger charge is 2.48. The van der Waals surface area contributed by atoms with Crippen molar-refractivity contribution < 1.29 is 47.8 Å². The number of hydrogen-bond donors (Lipinski definition) is 8. The normalized spacial score (nSPS) is 18.8. The first-order valence-corrected chi connectivity index (χ1v) is 33.1. The first kappa shape index (κ1) is 74.0. The van der Waals surface area contributed by atoms with Gasteiger partial charge in [0.15, 0.2) is 0 Å². The summed E-state index contributed by atoms with van der Waals surface area (Å²) in [6.07, 6.45) is 13.4. The van der Waals surface area contributed by atoms with Crippen molar-refractivity contribution in [2.75, 3.05) is 53.6 Å². The lowest BCUT2D eigenvalue weighted by Crippen LogP contribution is -2.59. The standard InChI is InChI=1S/C70H108N10O10/c1-13-15-17-19-21-29-39-89-45-55(49-31-25-23-26-32-49)75-65(85)57-41-53(43-79(57)67(87)59(69(5,6)7)77-61(81)47(3)71-11)73-63(83)51-35-37-52(38-36-51)64(84)74-54-42-58(80(44-54)68(88)60(70(8,9)10)78-62(82)48(4)72-12)66(86)76-56(50-33-27-24-28-34-50)46-90-40-30-22-20-18-16-14-2/h23-28,31-38,47-48,53-60,71-72H,13-22,29-30,39-46H2,1-12H3,(H,73,83)(H,74,84)(H,75,85)(H,76,86)(H,77,81)(H,78,82). The van der Waals surface area contributed by atoms with Crippen LogP contribution in [-0.4, -0.2) is 159 Å². The molecular weight excluding hydrogens is 1140 g/mol. The summed E-state index contributed by atoms with van der Waals surface area (Å²) in [5.41, 5.74) is 0.549. The van der Waals surface area contributed by atoms with Gasteiger partial charge < -0.3 is 61.8 Å². The summed E-state index contributed by atoms with van der Waals surface area (Å²) in [4.78, 5) is 117. The molecule has 2 aliphatic rings. The highest BCUT2D eigenvalue weighted by atomic mass is 16.5. The van der Waals surface area contributed by atoms with Gasteiger partial charge in [-0.2, -0.15) is 0 Å². The van der Waals surface area contributed by atoms with Crippen molar-refractivity contribution >= 4 is 47.3 Å². The number of likely N-dealkylation sites (tertiary alicyclic amines) is 2. The van der Waals surface area contributed by atoms with E-state index in [-0.39, 0.29) is 62.1 Å². The number of carbonyl (C=O) groups excluding carboxylic acids is 8. The fraction of sp³-hybridized carbons (Fsp3) is 0.629. The van der Waals surface area contributed by atoms with Gasteiger partial charge in [0, 0.05) is 49.5 Å². The van der Waals surface area contributed by atoms with Gasteiger partial charge in [-0.05, 0) is 99.8 Å². The zero-order chi connectivity index (χ0) is 66.0. The molecule has 20 heteroatoms. The maximum atomic E-state index is 14.9. The Balaban J connectivity index is 1.34. The molecule has 0 saturated carbocycles. The van der Waals surface area contributed by atoms with Gasteiger partial charge in [-0.25, -0.2) is 0 Å². The molecule has 0 radical (unpaired) electrons. The number of likely N-dealkylation sites (N-methyl/N-ethyl adjacent to an activating group) is 2. The molecule has 2 aliphatic heterocycles. The molecule has 8 N–H and O–H groups in total. The minimum Gasteiger partial charge on any atom is -0.379 e. The molecule has 10 atom stereocenters. The zero-order valence-electron chi connectivity index (χ0n) is 56.0. The summed E-state index contributed by atoms with van der Waals surface area (Å²) in [5, 5.41) is 24.1. The van der Waals surface area contributed by atoms with Crippen molar-refractivity contribution in [2.24, 2.45) is 10.8 Å². The molecule has 20 nitrogen and oxygen atoms in total. The van der Waals surface area contributed by atoms with E-state index in [1.54, 1.807) is 27.9 Å². The summed E-state index contributed by atoms with van der Waals surface area (Å²) in [6, 6.07) is 17.3. The minimum atomic E-state index is -1.03. The fourth-order valence-electron chi connectivity index (χ4n) is 11.3. The average Bonchev–Trinajstić information content (AvgIpc) is 1.63. The Morgan fingerprint density at radius 1 is 0.478 bits per heavy atom. The number of ether oxygens (including phenoxy) is 2. The number of hydrogen-bond acceptors (Lipinski definition) is 12. The van der Waals surface area contributed by atoms with E-state index in [2.05, 4.69) is 56.4 Å². The van der Waals surface area contributed by atoms with Gasteiger partial charge in [-0.3, -0.25) is 38.4 Å². The van der Waals surface area contributed by atoms with E-state index < -0.39 is 107 Å². The molecule has 0 aromatic heterocycles. The van der Waals surface area contributed by atoms with Gasteiger partial charge in [-0.15, -0.1) is 0 Å². The van der Waals surface area contributed by atoms with Crippen LogP contribution in [-0.2, 0) is 38.2 Å². The van der Waals surface area contributed by atoms with Gasteiger partial charge in [-0.1, -0.05) is 180 Å². The first-order chi connectivity index (χ1) is 42.9. The Bertz CT molecular complexity index is 2550. The molecule has 0 bridgehead atoms. The predicted molar refractivity (Wildman–Crippen MR) is 352 cm³/mol. The molecule has 0 spiro atoms. The van der Waals surface area contributed by atoms with E-state index in [9.17, 15) is 38.4 Å². The van der Waals surface area contributed by atoms with Crippen LogP contribution in [0, 0.1) is 10.8 Å². The average molecular weight is 1250 g/mol. The Morgan fingerprint density at radius 3 is 1.13 bits per heavy atom. The van der Waals surface area contributed by atoms with Crippen molar-refractivity contribution in [1.29, 1.82) is 0 Å². The van der Waals surface area contributed by atoms with Crippen molar-refractivity contribution in [2.45, 2.75) is 220 Å². The molecule has 0 aliphatic carbocycles. The number of amides is 8. The van der Waals surface area contributed by atoms with Crippen molar-refractivity contribution in [3.8, 4) is 0 Å². The molecule has 2 saturated heterocycles. The lowest BCUT2D eigenvalue weighted by molar-refractivity contribution is -0.144. The number of nitrogens with zero attached hydrogens (tertiary/aromatic N) is 2. The molecule has 10 unspecified atom stereocenters. The third kappa shape index (κ3) is 22.9. The smallest absolute Gasteiger partial charge is 0.251 e. The van der Waals surface area contributed by atoms with Crippen LogP contribution in [0.15, 0.2) is 84.9 Å². The second kappa shape index (κ2) is 36.9. The van der Waals surface area contributed by atoms with E-state index in [0.717, 1.165) is 49.7 Å². The second-order valence-corrected chi connectivity index (χ2v) is 26.7. The van der Waals surface area contributed by atoms with Gasteiger partial charge in [0.2, 0.25) is 35.4 Å². The van der Waals surface area contributed by atoms with Gasteiger partial charge >= 0.3 is 0 Å². The summed E-state index contributed by atoms with van der Waals surface area (Å²) < 4.78 is 12.3. The zero-order valence-corrected chi connectivity index (χ0v) is 56.0. The Morgan fingerprint density at radius 2 is 0.811 bits per heavy atom. The number of unbranched alkanes of at least 4 members (excludes halogenated alkanes) is 10. The second-order valence-electron chi connectivity index (χ2n) is 26.7. The monoisotopic (exact) mass is 1250 g/mol. The summed E-state index contributed by atoms with van der Waals surface area (Å²) in [5.74, 6) is -3.57. The molecule has 5 rings (SSSR count). The molecule has 8 amide bonds. The van der Waals surface area contributed by atoms with E-state index in [4.69, 9.17) is 9.47 Å². The molecule has 498 valence electrons. The molecule has 2 fully saturated rings. The minimum absolute atomic E-state index is 0.0322. The third-order valence-electron chi connectivity index (χ3n) is 17.2. The predicted octanol–water partition coefficient (Wildman–Crippen LogP) is 7.83. The van der Waals surface area contributed by atoms with E-state index >= 15 is 0 Å². The molecule has 3 aromatic rings. The maximum Gasteiger partial charge on any atom is 0.251 e. The Kier molecular flexibility index (Phi) is 30.4. The first-order valence-electron chi connectivity index (χ1n) is 33.1. The number of nitrogens with one attached hydrogen (secondary N) is 8. The topological polar surface area (TPSA) is 258 Å². The van der Waals surface area contributed by atoms with Crippen LogP contribution >= 0.6 is 0 Å². The highest BCUT2D eigenvalue weighted by Crippen LogP contribution is 2.30. The lowest BCUT2D eigenvalue weighted by Gasteiger charge is -2.36. The summed E-state index contributed by atoms with van der Waals surface area (Å²) >= 11 is 0. The molecule has 2 heterocycles. The maximum absolute atomic E-state index is 14.9. The van der Waals surface area contributed by atoms with E-state index in [1.807, 2.05) is 102 Å². The van der Waals surface area contributed by atoms with Crippen LogP contribution in [0.5, 0.6) is 0 Å². The van der Waals surface area contributed by atoms with Crippen molar-refractivity contribution in [3.05, 3.63) is 107 Å². The summed E-state index contributed by atoms with van der Waals surface area (Å²) in [7, 11) is 3.30. The van der Waals surface area contributed by atoms with Crippen LogP contribution < -0.4 is 42.5 Å². The van der Waals surface area contributed by atoms with Crippen molar-refractivity contribution in [3.63, 3.8) is 0 Å². The quantitative estimate of drug-likeness (QED) is 0.0259. The number of rotatable bonds is 36.